The number of pyridine rings is 1. The molecule has 0 saturated heterocycles. The van der Waals surface area contributed by atoms with Crippen LogP contribution in [0.15, 0.2) is 48.5 Å². The highest BCUT2D eigenvalue weighted by Gasteiger charge is 2.04. The van der Waals surface area contributed by atoms with Crippen molar-refractivity contribution in [1.29, 1.82) is 0 Å². The SMILES string of the molecule is NCCC1=CCN(Cc2ccncc2)C=C1. The molecule has 2 rings (SSSR count). The van der Waals surface area contributed by atoms with Crippen molar-refractivity contribution in [2.75, 3.05) is 13.1 Å². The van der Waals surface area contributed by atoms with Crippen molar-refractivity contribution in [2.45, 2.75) is 13.0 Å². The second-order valence-electron chi connectivity index (χ2n) is 3.92. The van der Waals surface area contributed by atoms with Gasteiger partial charge in [-0.05, 0) is 48.5 Å². The molecule has 0 amide bonds. The fourth-order valence-corrected chi connectivity index (χ4v) is 1.76. The Morgan fingerprint density at radius 2 is 2.12 bits per heavy atom. The predicted octanol–water partition coefficient (Wildman–Crippen LogP) is 1.69. The number of nitrogens with zero attached hydrogens (tertiary/aromatic N) is 2. The summed E-state index contributed by atoms with van der Waals surface area (Å²) in [6.45, 7) is 2.63. The van der Waals surface area contributed by atoms with Gasteiger partial charge in [-0.3, -0.25) is 4.98 Å². The number of allylic oxidation sites excluding steroid dienone is 1. The van der Waals surface area contributed by atoms with Crippen molar-refractivity contribution in [1.82, 2.24) is 9.88 Å². The average Bonchev–Trinajstić information content (AvgIpc) is 2.33. The molecular weight excluding hydrogens is 198 g/mol. The second kappa shape index (κ2) is 5.47. The van der Waals surface area contributed by atoms with Crippen molar-refractivity contribution in [3.05, 3.63) is 54.0 Å². The van der Waals surface area contributed by atoms with E-state index >= 15 is 0 Å². The van der Waals surface area contributed by atoms with Crippen LogP contribution in [0, 0.1) is 0 Å². The summed E-state index contributed by atoms with van der Waals surface area (Å²) in [6, 6.07) is 4.10. The highest BCUT2D eigenvalue weighted by Crippen LogP contribution is 2.12. The number of hydrogen-bond acceptors (Lipinski definition) is 3. The van der Waals surface area contributed by atoms with E-state index in [1.807, 2.05) is 24.5 Å². The van der Waals surface area contributed by atoms with Gasteiger partial charge in [0, 0.05) is 25.5 Å². The molecule has 0 unspecified atom stereocenters. The maximum Gasteiger partial charge on any atom is 0.0428 e. The molecule has 0 spiro atoms. The standard InChI is InChI=1S/C13H17N3/c14-6-1-12-4-9-16(10-5-12)11-13-2-7-15-8-3-13/h2-5,7-9H,1,6,10-11,14H2. The van der Waals surface area contributed by atoms with E-state index in [2.05, 4.69) is 28.2 Å². The van der Waals surface area contributed by atoms with Crippen molar-refractivity contribution in [2.24, 2.45) is 5.73 Å². The Labute approximate surface area is 96.3 Å². The minimum absolute atomic E-state index is 0.723. The topological polar surface area (TPSA) is 42.1 Å². The first kappa shape index (κ1) is 10.9. The predicted molar refractivity (Wildman–Crippen MR) is 65.5 cm³/mol. The molecule has 0 aromatic carbocycles. The summed E-state index contributed by atoms with van der Waals surface area (Å²) >= 11 is 0. The zero-order valence-corrected chi connectivity index (χ0v) is 9.34. The van der Waals surface area contributed by atoms with E-state index in [0.717, 1.165) is 26.1 Å². The van der Waals surface area contributed by atoms with Crippen LogP contribution < -0.4 is 5.73 Å². The van der Waals surface area contributed by atoms with E-state index in [1.165, 1.54) is 11.1 Å². The Balaban J connectivity index is 1.89. The summed E-state index contributed by atoms with van der Waals surface area (Å²) in [5, 5.41) is 0. The van der Waals surface area contributed by atoms with Gasteiger partial charge in [0.15, 0.2) is 0 Å². The highest BCUT2D eigenvalue weighted by atomic mass is 15.1. The van der Waals surface area contributed by atoms with Crippen molar-refractivity contribution in [3.8, 4) is 0 Å². The van der Waals surface area contributed by atoms with E-state index in [0.29, 0.717) is 0 Å². The van der Waals surface area contributed by atoms with Crippen LogP contribution in [-0.2, 0) is 6.54 Å². The zero-order chi connectivity index (χ0) is 11.2. The molecule has 0 bridgehead atoms. The Kier molecular flexibility index (Phi) is 3.72. The largest absolute Gasteiger partial charge is 0.369 e. The van der Waals surface area contributed by atoms with Gasteiger partial charge in [0.1, 0.15) is 0 Å². The Hall–Kier alpha value is -1.61. The van der Waals surface area contributed by atoms with Gasteiger partial charge >= 0.3 is 0 Å². The molecule has 1 aromatic heterocycles. The van der Waals surface area contributed by atoms with Crippen LogP contribution in [0.3, 0.4) is 0 Å². The Morgan fingerprint density at radius 1 is 1.31 bits per heavy atom. The van der Waals surface area contributed by atoms with E-state index in [1.54, 1.807) is 0 Å². The maximum absolute atomic E-state index is 5.52. The first-order valence-corrected chi connectivity index (χ1v) is 5.59. The summed E-state index contributed by atoms with van der Waals surface area (Å²) < 4.78 is 0. The van der Waals surface area contributed by atoms with Gasteiger partial charge in [-0.1, -0.05) is 6.08 Å². The monoisotopic (exact) mass is 215 g/mol. The average molecular weight is 215 g/mol. The molecule has 84 valence electrons. The van der Waals surface area contributed by atoms with Crippen molar-refractivity contribution < 1.29 is 0 Å². The van der Waals surface area contributed by atoms with Crippen LogP contribution in [-0.4, -0.2) is 23.0 Å². The molecular formula is C13H17N3. The van der Waals surface area contributed by atoms with Crippen LogP contribution in [0.5, 0.6) is 0 Å². The second-order valence-corrected chi connectivity index (χ2v) is 3.92. The number of rotatable bonds is 4. The van der Waals surface area contributed by atoms with Crippen LogP contribution in [0.25, 0.3) is 0 Å². The van der Waals surface area contributed by atoms with Crippen LogP contribution in [0.2, 0.25) is 0 Å². The third-order valence-corrected chi connectivity index (χ3v) is 2.66. The molecule has 2 heterocycles. The first-order chi connectivity index (χ1) is 7.88. The van der Waals surface area contributed by atoms with E-state index in [-0.39, 0.29) is 0 Å². The summed E-state index contributed by atoms with van der Waals surface area (Å²) in [5.74, 6) is 0. The molecule has 1 aliphatic rings. The molecule has 3 heteroatoms. The molecule has 0 atom stereocenters. The number of aromatic nitrogens is 1. The molecule has 3 nitrogen and oxygen atoms in total. The van der Waals surface area contributed by atoms with Gasteiger partial charge in [0.05, 0.1) is 0 Å². The lowest BCUT2D eigenvalue weighted by Gasteiger charge is -2.22. The molecule has 0 saturated carbocycles. The molecule has 0 fully saturated rings. The van der Waals surface area contributed by atoms with E-state index < -0.39 is 0 Å². The lowest BCUT2D eigenvalue weighted by Crippen LogP contribution is -2.19. The van der Waals surface area contributed by atoms with E-state index in [4.69, 9.17) is 5.73 Å². The third-order valence-electron chi connectivity index (χ3n) is 2.66. The molecule has 16 heavy (non-hydrogen) atoms. The van der Waals surface area contributed by atoms with Gasteiger partial charge in [0.25, 0.3) is 0 Å². The summed E-state index contributed by atoms with van der Waals surface area (Å²) in [6.07, 6.45) is 11.2. The molecule has 0 aliphatic carbocycles. The Bertz CT molecular complexity index is 381. The minimum Gasteiger partial charge on any atom is -0.369 e. The van der Waals surface area contributed by atoms with Gasteiger partial charge in [-0.15, -0.1) is 0 Å². The molecule has 1 aromatic rings. The number of nitrogens with two attached hydrogens (primary N) is 1. The Morgan fingerprint density at radius 3 is 2.75 bits per heavy atom. The van der Waals surface area contributed by atoms with Crippen LogP contribution in [0.1, 0.15) is 12.0 Å². The van der Waals surface area contributed by atoms with Crippen molar-refractivity contribution in [3.63, 3.8) is 0 Å². The normalized spacial score (nSPS) is 15.1. The zero-order valence-electron chi connectivity index (χ0n) is 9.34. The van der Waals surface area contributed by atoms with Crippen LogP contribution in [0.4, 0.5) is 0 Å². The minimum atomic E-state index is 0.723. The molecule has 0 radical (unpaired) electrons. The van der Waals surface area contributed by atoms with Gasteiger partial charge < -0.3 is 10.6 Å². The lowest BCUT2D eigenvalue weighted by atomic mass is 10.1. The van der Waals surface area contributed by atoms with Crippen molar-refractivity contribution >= 4 is 0 Å². The smallest absolute Gasteiger partial charge is 0.0428 e. The number of hydrogen-bond donors (Lipinski definition) is 1. The quantitative estimate of drug-likeness (QED) is 0.831. The molecule has 1 aliphatic heterocycles. The first-order valence-electron chi connectivity index (χ1n) is 5.59. The fraction of sp³-hybridized carbons (Fsp3) is 0.308. The van der Waals surface area contributed by atoms with Gasteiger partial charge in [0.2, 0.25) is 0 Å². The van der Waals surface area contributed by atoms with E-state index in [9.17, 15) is 0 Å². The van der Waals surface area contributed by atoms with Crippen LogP contribution >= 0.6 is 0 Å². The maximum atomic E-state index is 5.52. The van der Waals surface area contributed by atoms with Gasteiger partial charge in [-0.2, -0.15) is 0 Å². The van der Waals surface area contributed by atoms with Gasteiger partial charge in [-0.25, -0.2) is 0 Å². The lowest BCUT2D eigenvalue weighted by molar-refractivity contribution is 0.403. The summed E-state index contributed by atoms with van der Waals surface area (Å²) in [7, 11) is 0. The summed E-state index contributed by atoms with van der Waals surface area (Å²) in [5.41, 5.74) is 8.15. The fourth-order valence-electron chi connectivity index (χ4n) is 1.76. The molecule has 2 N–H and O–H groups in total. The third kappa shape index (κ3) is 2.94. The highest BCUT2D eigenvalue weighted by molar-refractivity contribution is 5.23. The summed E-state index contributed by atoms with van der Waals surface area (Å²) in [4.78, 5) is 6.29.